The highest BCUT2D eigenvalue weighted by Gasteiger charge is 2.39. The highest BCUT2D eigenvalue weighted by atomic mass is 16.5. The fraction of sp³-hybridized carbons (Fsp3) is 0.769. The molecule has 1 saturated heterocycles. The molecular weight excluding hydrogens is 230 g/mol. The molecule has 0 amide bonds. The second kappa shape index (κ2) is 5.38. The molecule has 2 heterocycles. The summed E-state index contributed by atoms with van der Waals surface area (Å²) in [6, 6.07) is 0. The number of aryl methyl sites for hydroxylation is 1. The number of aliphatic hydroxyl groups is 1. The first kappa shape index (κ1) is 13.5. The van der Waals surface area contributed by atoms with Gasteiger partial charge in [-0.1, -0.05) is 6.92 Å². The monoisotopic (exact) mass is 253 g/mol. The number of hydrogen-bond acceptors (Lipinski definition) is 4. The van der Waals surface area contributed by atoms with Crippen LogP contribution in [0.3, 0.4) is 0 Å². The molecule has 102 valence electrons. The van der Waals surface area contributed by atoms with Crippen molar-refractivity contribution in [2.24, 2.45) is 7.05 Å². The summed E-state index contributed by atoms with van der Waals surface area (Å²) in [4.78, 5) is 2.33. The van der Waals surface area contributed by atoms with Crippen molar-refractivity contribution in [2.75, 3.05) is 26.3 Å². The lowest BCUT2D eigenvalue weighted by Crippen LogP contribution is -2.54. The Morgan fingerprint density at radius 3 is 2.67 bits per heavy atom. The summed E-state index contributed by atoms with van der Waals surface area (Å²) >= 11 is 0. The van der Waals surface area contributed by atoms with E-state index < -0.39 is 6.10 Å². The number of ether oxygens (including phenoxy) is 1. The fourth-order valence-electron chi connectivity index (χ4n) is 2.60. The number of rotatable bonds is 4. The fourth-order valence-corrected chi connectivity index (χ4v) is 2.60. The van der Waals surface area contributed by atoms with Crippen molar-refractivity contribution in [3.05, 3.63) is 18.0 Å². The SMILES string of the molecule is CCC(C)(C(O)c1cnn(C)c1)N1CCOCC1. The first-order chi connectivity index (χ1) is 8.58. The van der Waals surface area contributed by atoms with Crippen LogP contribution in [0.2, 0.25) is 0 Å². The summed E-state index contributed by atoms with van der Waals surface area (Å²) in [6.07, 6.45) is 4.01. The molecule has 1 aliphatic heterocycles. The minimum Gasteiger partial charge on any atom is -0.386 e. The molecule has 2 unspecified atom stereocenters. The van der Waals surface area contributed by atoms with E-state index in [9.17, 15) is 5.11 Å². The topological polar surface area (TPSA) is 50.5 Å². The van der Waals surface area contributed by atoms with E-state index in [-0.39, 0.29) is 5.54 Å². The molecule has 0 radical (unpaired) electrons. The Hall–Kier alpha value is -0.910. The summed E-state index contributed by atoms with van der Waals surface area (Å²) in [5.41, 5.74) is 0.626. The third-order valence-corrected chi connectivity index (χ3v) is 4.08. The van der Waals surface area contributed by atoms with Crippen molar-refractivity contribution < 1.29 is 9.84 Å². The van der Waals surface area contributed by atoms with E-state index in [1.807, 2.05) is 13.2 Å². The molecule has 1 aromatic rings. The van der Waals surface area contributed by atoms with Crippen LogP contribution < -0.4 is 0 Å². The van der Waals surface area contributed by atoms with Crippen LogP contribution >= 0.6 is 0 Å². The molecule has 0 spiro atoms. The van der Waals surface area contributed by atoms with Gasteiger partial charge in [0.15, 0.2) is 0 Å². The van der Waals surface area contributed by atoms with Crippen LogP contribution in [-0.4, -0.2) is 51.6 Å². The Balaban J connectivity index is 2.19. The third kappa shape index (κ3) is 2.43. The molecule has 1 N–H and O–H groups in total. The van der Waals surface area contributed by atoms with Gasteiger partial charge in [-0.2, -0.15) is 5.10 Å². The van der Waals surface area contributed by atoms with Crippen LogP contribution in [0.5, 0.6) is 0 Å². The van der Waals surface area contributed by atoms with Crippen molar-refractivity contribution in [3.8, 4) is 0 Å². The zero-order valence-electron chi connectivity index (χ0n) is 11.5. The minimum atomic E-state index is -0.519. The van der Waals surface area contributed by atoms with Gasteiger partial charge in [0, 0.05) is 37.4 Å². The van der Waals surface area contributed by atoms with Crippen LogP contribution in [0.25, 0.3) is 0 Å². The molecule has 5 nitrogen and oxygen atoms in total. The molecule has 5 heteroatoms. The quantitative estimate of drug-likeness (QED) is 0.868. The first-order valence-electron chi connectivity index (χ1n) is 6.57. The van der Waals surface area contributed by atoms with Gasteiger partial charge in [0.2, 0.25) is 0 Å². The molecule has 0 bridgehead atoms. The smallest absolute Gasteiger partial charge is 0.100 e. The molecule has 0 aromatic carbocycles. The highest BCUT2D eigenvalue weighted by molar-refractivity contribution is 5.14. The van der Waals surface area contributed by atoms with E-state index in [0.717, 1.165) is 38.3 Å². The van der Waals surface area contributed by atoms with Crippen molar-refractivity contribution in [1.82, 2.24) is 14.7 Å². The summed E-state index contributed by atoms with van der Waals surface area (Å²) in [7, 11) is 1.87. The highest BCUT2D eigenvalue weighted by Crippen LogP contribution is 2.34. The van der Waals surface area contributed by atoms with Crippen molar-refractivity contribution in [2.45, 2.75) is 31.9 Å². The van der Waals surface area contributed by atoms with Crippen molar-refractivity contribution in [1.29, 1.82) is 0 Å². The Labute approximate surface area is 108 Å². The lowest BCUT2D eigenvalue weighted by atomic mass is 9.86. The molecule has 2 atom stereocenters. The largest absolute Gasteiger partial charge is 0.386 e. The predicted molar refractivity (Wildman–Crippen MR) is 69.3 cm³/mol. The molecule has 1 aromatic heterocycles. The standard InChI is InChI=1S/C13H23N3O2/c1-4-13(2,16-5-7-18-8-6-16)12(17)11-9-14-15(3)10-11/h9-10,12,17H,4-8H2,1-3H3. The summed E-state index contributed by atoms with van der Waals surface area (Å²) in [5.74, 6) is 0. The third-order valence-electron chi connectivity index (χ3n) is 4.08. The van der Waals surface area contributed by atoms with Gasteiger partial charge in [0.25, 0.3) is 0 Å². The van der Waals surface area contributed by atoms with Gasteiger partial charge < -0.3 is 9.84 Å². The lowest BCUT2D eigenvalue weighted by Gasteiger charge is -2.45. The van der Waals surface area contributed by atoms with Crippen molar-refractivity contribution >= 4 is 0 Å². The molecule has 0 saturated carbocycles. The van der Waals surface area contributed by atoms with Crippen LogP contribution in [0, 0.1) is 0 Å². The number of aliphatic hydroxyl groups excluding tert-OH is 1. The van der Waals surface area contributed by atoms with E-state index >= 15 is 0 Å². The van der Waals surface area contributed by atoms with Gasteiger partial charge in [-0.15, -0.1) is 0 Å². The van der Waals surface area contributed by atoms with Gasteiger partial charge in [0.05, 0.1) is 19.4 Å². The summed E-state index contributed by atoms with van der Waals surface area (Å²) < 4.78 is 7.12. The molecular formula is C13H23N3O2. The number of aromatic nitrogens is 2. The zero-order chi connectivity index (χ0) is 13.2. The van der Waals surface area contributed by atoms with Gasteiger partial charge in [-0.3, -0.25) is 9.58 Å². The maximum atomic E-state index is 10.7. The van der Waals surface area contributed by atoms with Crippen LogP contribution in [0.15, 0.2) is 12.4 Å². The number of nitrogens with zero attached hydrogens (tertiary/aromatic N) is 3. The van der Waals surface area contributed by atoms with Gasteiger partial charge >= 0.3 is 0 Å². The molecule has 1 aliphatic rings. The van der Waals surface area contributed by atoms with Crippen molar-refractivity contribution in [3.63, 3.8) is 0 Å². The Kier molecular flexibility index (Phi) is 4.04. The number of morpholine rings is 1. The van der Waals surface area contributed by atoms with Crippen LogP contribution in [0.4, 0.5) is 0 Å². The average molecular weight is 253 g/mol. The first-order valence-corrected chi connectivity index (χ1v) is 6.57. The second-order valence-corrected chi connectivity index (χ2v) is 5.16. The zero-order valence-corrected chi connectivity index (χ0v) is 11.5. The van der Waals surface area contributed by atoms with E-state index in [1.54, 1.807) is 10.9 Å². The number of hydrogen-bond donors (Lipinski definition) is 1. The molecule has 2 rings (SSSR count). The van der Waals surface area contributed by atoms with E-state index in [0.29, 0.717) is 0 Å². The average Bonchev–Trinajstić information content (AvgIpc) is 2.84. The predicted octanol–water partition coefficient (Wildman–Crippen LogP) is 0.954. The van der Waals surface area contributed by atoms with Gasteiger partial charge in [0.1, 0.15) is 6.10 Å². The molecule has 18 heavy (non-hydrogen) atoms. The minimum absolute atomic E-state index is 0.257. The van der Waals surface area contributed by atoms with Gasteiger partial charge in [-0.25, -0.2) is 0 Å². The maximum absolute atomic E-state index is 10.7. The van der Waals surface area contributed by atoms with Gasteiger partial charge in [-0.05, 0) is 13.3 Å². The summed E-state index contributed by atoms with van der Waals surface area (Å²) in [5, 5.41) is 14.8. The normalized spacial score (nSPS) is 22.7. The Morgan fingerprint density at radius 1 is 1.50 bits per heavy atom. The van der Waals surface area contributed by atoms with E-state index in [4.69, 9.17) is 4.74 Å². The van der Waals surface area contributed by atoms with Crippen LogP contribution in [-0.2, 0) is 11.8 Å². The Bertz CT molecular complexity index is 387. The molecule has 1 fully saturated rings. The second-order valence-electron chi connectivity index (χ2n) is 5.16. The van der Waals surface area contributed by atoms with E-state index in [2.05, 4.69) is 23.8 Å². The molecule has 0 aliphatic carbocycles. The lowest BCUT2D eigenvalue weighted by molar-refractivity contribution is -0.0734. The van der Waals surface area contributed by atoms with E-state index in [1.165, 1.54) is 0 Å². The maximum Gasteiger partial charge on any atom is 0.100 e. The summed E-state index contributed by atoms with van der Waals surface area (Å²) in [6.45, 7) is 7.49. The Morgan fingerprint density at radius 2 is 2.17 bits per heavy atom. The van der Waals surface area contributed by atoms with Crippen LogP contribution in [0.1, 0.15) is 31.9 Å².